The van der Waals surface area contributed by atoms with E-state index in [9.17, 15) is 4.39 Å². The topological polar surface area (TPSA) is 52.0 Å². The normalized spacial score (nSPS) is 19.2. The fraction of sp³-hybridized carbons (Fsp3) is 0.385. The second-order valence-electron chi connectivity index (χ2n) is 4.62. The van der Waals surface area contributed by atoms with Crippen molar-refractivity contribution in [1.82, 2.24) is 20.1 Å². The van der Waals surface area contributed by atoms with Gasteiger partial charge in [0.2, 0.25) is 0 Å². The van der Waals surface area contributed by atoms with Gasteiger partial charge in [0.1, 0.15) is 12.1 Å². The van der Waals surface area contributed by atoms with E-state index < -0.39 is 0 Å². The SMILES string of the molecule is Fc1ccc(Cn2cnc(C3COCCN3)n2)c(Br)c1. The van der Waals surface area contributed by atoms with Crippen LogP contribution >= 0.6 is 15.9 Å². The summed E-state index contributed by atoms with van der Waals surface area (Å²) >= 11 is 3.35. The van der Waals surface area contributed by atoms with Crippen LogP contribution in [0.25, 0.3) is 0 Å². The summed E-state index contributed by atoms with van der Waals surface area (Å²) in [4.78, 5) is 4.30. The maximum absolute atomic E-state index is 13.0. The minimum atomic E-state index is -0.261. The Kier molecular flexibility index (Phi) is 4.09. The van der Waals surface area contributed by atoms with Gasteiger partial charge in [-0.05, 0) is 17.7 Å². The lowest BCUT2D eigenvalue weighted by Crippen LogP contribution is -2.35. The highest BCUT2D eigenvalue weighted by Gasteiger charge is 2.19. The number of nitrogens with zero attached hydrogens (tertiary/aromatic N) is 3. The average molecular weight is 341 g/mol. The van der Waals surface area contributed by atoms with E-state index in [0.717, 1.165) is 29.0 Å². The summed E-state index contributed by atoms with van der Waals surface area (Å²) in [5.41, 5.74) is 0.954. The maximum Gasteiger partial charge on any atom is 0.169 e. The molecule has 1 N–H and O–H groups in total. The highest BCUT2D eigenvalue weighted by atomic mass is 79.9. The van der Waals surface area contributed by atoms with E-state index in [2.05, 4.69) is 31.3 Å². The molecule has 2 aromatic rings. The minimum Gasteiger partial charge on any atom is -0.378 e. The summed E-state index contributed by atoms with van der Waals surface area (Å²) in [6.45, 7) is 2.66. The number of halogens is 2. The largest absolute Gasteiger partial charge is 0.378 e. The highest BCUT2D eigenvalue weighted by molar-refractivity contribution is 9.10. The van der Waals surface area contributed by atoms with Crippen molar-refractivity contribution >= 4 is 15.9 Å². The van der Waals surface area contributed by atoms with E-state index in [4.69, 9.17) is 4.74 Å². The van der Waals surface area contributed by atoms with Crippen LogP contribution in [0.1, 0.15) is 17.4 Å². The van der Waals surface area contributed by atoms with Crippen molar-refractivity contribution in [3.05, 3.63) is 46.2 Å². The van der Waals surface area contributed by atoms with Crippen LogP contribution in [0.15, 0.2) is 29.0 Å². The third-order valence-electron chi connectivity index (χ3n) is 3.13. The first-order valence-electron chi connectivity index (χ1n) is 6.37. The molecule has 1 aromatic heterocycles. The van der Waals surface area contributed by atoms with Crippen LogP contribution in [0.4, 0.5) is 4.39 Å². The predicted molar refractivity (Wildman–Crippen MR) is 74.8 cm³/mol. The van der Waals surface area contributed by atoms with Crippen LogP contribution < -0.4 is 5.32 Å². The first-order chi connectivity index (χ1) is 9.72. The summed E-state index contributed by atoms with van der Waals surface area (Å²) in [6.07, 6.45) is 1.68. The number of aromatic nitrogens is 3. The maximum atomic E-state index is 13.0. The lowest BCUT2D eigenvalue weighted by Gasteiger charge is -2.20. The van der Waals surface area contributed by atoms with Crippen LogP contribution in [0.2, 0.25) is 0 Å². The summed E-state index contributed by atoms with van der Waals surface area (Å²) in [6, 6.07) is 4.67. The molecule has 0 amide bonds. The fourth-order valence-corrected chi connectivity index (χ4v) is 2.58. The summed E-state index contributed by atoms with van der Waals surface area (Å²) < 4.78 is 20.9. The molecule has 1 aliphatic heterocycles. The highest BCUT2D eigenvalue weighted by Crippen LogP contribution is 2.19. The molecule has 3 rings (SSSR count). The molecule has 0 radical (unpaired) electrons. The zero-order valence-corrected chi connectivity index (χ0v) is 12.3. The van der Waals surface area contributed by atoms with E-state index in [1.54, 1.807) is 17.1 Å². The molecule has 1 unspecified atom stereocenters. The van der Waals surface area contributed by atoms with Gasteiger partial charge in [0.25, 0.3) is 0 Å². The van der Waals surface area contributed by atoms with Crippen molar-refractivity contribution in [2.45, 2.75) is 12.6 Å². The lowest BCUT2D eigenvalue weighted by atomic mass is 10.2. The molecule has 20 heavy (non-hydrogen) atoms. The minimum absolute atomic E-state index is 0.0432. The van der Waals surface area contributed by atoms with E-state index >= 15 is 0 Å². The molecular weight excluding hydrogens is 327 g/mol. The first-order valence-corrected chi connectivity index (χ1v) is 7.16. The Bertz CT molecular complexity index is 598. The Morgan fingerprint density at radius 1 is 1.50 bits per heavy atom. The number of morpholine rings is 1. The number of hydrogen-bond donors (Lipinski definition) is 1. The molecule has 7 heteroatoms. The second-order valence-corrected chi connectivity index (χ2v) is 5.47. The lowest BCUT2D eigenvalue weighted by molar-refractivity contribution is 0.0742. The van der Waals surface area contributed by atoms with E-state index in [0.29, 0.717) is 13.2 Å². The first kappa shape index (κ1) is 13.7. The van der Waals surface area contributed by atoms with Gasteiger partial charge < -0.3 is 10.1 Å². The quantitative estimate of drug-likeness (QED) is 0.926. The van der Waals surface area contributed by atoms with Gasteiger partial charge in [0.15, 0.2) is 5.82 Å². The molecule has 106 valence electrons. The summed E-state index contributed by atoms with van der Waals surface area (Å²) in [5, 5.41) is 7.75. The van der Waals surface area contributed by atoms with Crippen molar-refractivity contribution in [3.63, 3.8) is 0 Å². The van der Waals surface area contributed by atoms with Gasteiger partial charge in [-0.1, -0.05) is 22.0 Å². The van der Waals surface area contributed by atoms with Crippen LogP contribution in [0.3, 0.4) is 0 Å². The van der Waals surface area contributed by atoms with Gasteiger partial charge in [-0.15, -0.1) is 0 Å². The molecule has 1 aliphatic rings. The van der Waals surface area contributed by atoms with E-state index in [-0.39, 0.29) is 11.9 Å². The number of benzene rings is 1. The van der Waals surface area contributed by atoms with Crippen molar-refractivity contribution in [2.24, 2.45) is 0 Å². The van der Waals surface area contributed by atoms with Crippen LogP contribution in [0.5, 0.6) is 0 Å². The second kappa shape index (κ2) is 5.99. The number of ether oxygens (including phenoxy) is 1. The molecule has 0 spiro atoms. The average Bonchev–Trinajstić information content (AvgIpc) is 2.92. The smallest absolute Gasteiger partial charge is 0.169 e. The zero-order valence-electron chi connectivity index (χ0n) is 10.7. The van der Waals surface area contributed by atoms with Crippen LogP contribution in [-0.4, -0.2) is 34.5 Å². The van der Waals surface area contributed by atoms with Crippen LogP contribution in [0, 0.1) is 5.82 Å². The van der Waals surface area contributed by atoms with Gasteiger partial charge in [0.05, 0.1) is 25.8 Å². The van der Waals surface area contributed by atoms with E-state index in [1.807, 2.05) is 0 Å². The van der Waals surface area contributed by atoms with Crippen molar-refractivity contribution in [1.29, 1.82) is 0 Å². The Hall–Kier alpha value is -1.31. The molecule has 2 heterocycles. The molecule has 0 bridgehead atoms. The Labute approximate surface area is 124 Å². The molecular formula is C13H14BrFN4O. The molecule has 1 saturated heterocycles. The van der Waals surface area contributed by atoms with Crippen LogP contribution in [-0.2, 0) is 11.3 Å². The van der Waals surface area contributed by atoms with Crippen molar-refractivity contribution < 1.29 is 9.13 Å². The molecule has 1 atom stereocenters. The molecule has 5 nitrogen and oxygen atoms in total. The molecule has 0 aliphatic carbocycles. The van der Waals surface area contributed by atoms with Crippen molar-refractivity contribution in [2.75, 3.05) is 19.8 Å². The van der Waals surface area contributed by atoms with Gasteiger partial charge in [-0.25, -0.2) is 14.1 Å². The predicted octanol–water partition coefficient (Wildman–Crippen LogP) is 1.89. The third kappa shape index (κ3) is 3.05. The monoisotopic (exact) mass is 340 g/mol. The Balaban J connectivity index is 1.73. The molecule has 1 fully saturated rings. The number of nitrogens with one attached hydrogen (secondary N) is 1. The summed E-state index contributed by atoms with van der Waals surface area (Å²) in [7, 11) is 0. The fourth-order valence-electron chi connectivity index (χ4n) is 2.10. The Morgan fingerprint density at radius 2 is 2.40 bits per heavy atom. The third-order valence-corrected chi connectivity index (χ3v) is 3.87. The van der Waals surface area contributed by atoms with Gasteiger partial charge in [-0.2, -0.15) is 5.10 Å². The van der Waals surface area contributed by atoms with Crippen molar-refractivity contribution in [3.8, 4) is 0 Å². The van der Waals surface area contributed by atoms with Gasteiger partial charge in [0, 0.05) is 11.0 Å². The number of hydrogen-bond acceptors (Lipinski definition) is 4. The Morgan fingerprint density at radius 3 is 3.15 bits per heavy atom. The zero-order chi connectivity index (χ0) is 13.9. The van der Waals surface area contributed by atoms with Gasteiger partial charge >= 0.3 is 0 Å². The van der Waals surface area contributed by atoms with Gasteiger partial charge in [-0.3, -0.25) is 0 Å². The standard InChI is InChI=1S/C13H14BrFN4O/c14-11-5-10(15)2-1-9(11)6-19-8-17-13(18-19)12-7-20-4-3-16-12/h1-2,5,8,12,16H,3-4,6-7H2. The molecule has 0 saturated carbocycles. The molecule has 1 aromatic carbocycles. The van der Waals surface area contributed by atoms with E-state index in [1.165, 1.54) is 12.1 Å². The summed E-state index contributed by atoms with van der Waals surface area (Å²) in [5.74, 6) is 0.464. The number of rotatable bonds is 3.